The van der Waals surface area contributed by atoms with Crippen LogP contribution in [-0.2, 0) is 6.42 Å². The van der Waals surface area contributed by atoms with Gasteiger partial charge in [-0.15, -0.1) is 0 Å². The van der Waals surface area contributed by atoms with E-state index in [2.05, 4.69) is 73.8 Å². The third-order valence-corrected chi connectivity index (χ3v) is 7.43. The Morgan fingerprint density at radius 3 is 2.50 bits per heavy atom. The fourth-order valence-electron chi connectivity index (χ4n) is 4.64. The second-order valence-corrected chi connectivity index (χ2v) is 8.98. The lowest BCUT2D eigenvalue weighted by Crippen LogP contribution is -2.41. The number of halogens is 2. The van der Waals surface area contributed by atoms with Gasteiger partial charge in [-0.05, 0) is 95.9 Å². The van der Waals surface area contributed by atoms with Crippen LogP contribution in [0.15, 0.2) is 38.9 Å². The van der Waals surface area contributed by atoms with Crippen LogP contribution in [0.4, 0.5) is 0 Å². The molecule has 1 aliphatic carbocycles. The smallest absolute Gasteiger partial charge is 0.0543 e. The SMILES string of the molecule is CC.Cc1ccc2c(c1Br)CCC1=CC(Br)=CNC1C2C1CCNCC1. The Morgan fingerprint density at radius 1 is 1.04 bits per heavy atom. The Labute approximate surface area is 175 Å². The molecule has 1 fully saturated rings. The average molecular weight is 482 g/mol. The number of hydrogen-bond donors (Lipinski definition) is 2. The van der Waals surface area contributed by atoms with Gasteiger partial charge >= 0.3 is 0 Å². The van der Waals surface area contributed by atoms with Gasteiger partial charge in [0.25, 0.3) is 0 Å². The first-order chi connectivity index (χ1) is 12.6. The van der Waals surface area contributed by atoms with Gasteiger partial charge in [-0.3, -0.25) is 0 Å². The van der Waals surface area contributed by atoms with Gasteiger partial charge in [0.05, 0.1) is 6.04 Å². The number of hydrogen-bond acceptors (Lipinski definition) is 2. The van der Waals surface area contributed by atoms with Gasteiger partial charge in [0.1, 0.15) is 0 Å². The van der Waals surface area contributed by atoms with E-state index in [1.54, 1.807) is 11.1 Å². The Hall–Kier alpha value is -0.580. The van der Waals surface area contributed by atoms with Crippen LogP contribution in [0.25, 0.3) is 0 Å². The Morgan fingerprint density at radius 2 is 1.77 bits per heavy atom. The van der Waals surface area contributed by atoms with Crippen molar-refractivity contribution in [3.63, 3.8) is 0 Å². The van der Waals surface area contributed by atoms with E-state index in [1.807, 2.05) is 13.8 Å². The molecule has 26 heavy (non-hydrogen) atoms. The topological polar surface area (TPSA) is 24.1 Å². The molecule has 1 aromatic carbocycles. The van der Waals surface area contributed by atoms with E-state index in [0.29, 0.717) is 12.0 Å². The average Bonchev–Trinajstić information content (AvgIpc) is 2.84. The van der Waals surface area contributed by atoms with E-state index in [-0.39, 0.29) is 0 Å². The largest absolute Gasteiger partial charge is 0.383 e. The molecule has 0 spiro atoms. The van der Waals surface area contributed by atoms with E-state index in [1.165, 1.54) is 32.9 Å². The number of dihydropyridines is 1. The van der Waals surface area contributed by atoms with Crippen molar-refractivity contribution in [3.05, 3.63) is 55.6 Å². The lowest BCUT2D eigenvalue weighted by Gasteiger charge is -2.38. The fraction of sp³-hybridized carbons (Fsp3) is 0.545. The highest BCUT2D eigenvalue weighted by Gasteiger charge is 2.38. The summed E-state index contributed by atoms with van der Waals surface area (Å²) in [6.45, 7) is 8.50. The van der Waals surface area contributed by atoms with Crippen molar-refractivity contribution in [3.8, 4) is 0 Å². The second kappa shape index (κ2) is 9.07. The van der Waals surface area contributed by atoms with Crippen LogP contribution in [-0.4, -0.2) is 19.1 Å². The third-order valence-electron chi connectivity index (χ3n) is 5.87. The van der Waals surface area contributed by atoms with Crippen molar-refractivity contribution in [2.24, 2.45) is 5.92 Å². The first-order valence-corrected chi connectivity index (χ1v) is 11.5. The molecule has 0 bridgehead atoms. The summed E-state index contributed by atoms with van der Waals surface area (Å²) >= 11 is 7.54. The van der Waals surface area contributed by atoms with Crippen molar-refractivity contribution in [2.45, 2.75) is 58.4 Å². The molecule has 4 rings (SSSR count). The minimum atomic E-state index is 0.435. The van der Waals surface area contributed by atoms with E-state index in [4.69, 9.17) is 0 Å². The number of aryl methyl sites for hydroxylation is 1. The summed E-state index contributed by atoms with van der Waals surface area (Å²) in [5.74, 6) is 1.30. The molecule has 0 aromatic heterocycles. The lowest BCUT2D eigenvalue weighted by molar-refractivity contribution is 0.288. The molecule has 0 amide bonds. The van der Waals surface area contributed by atoms with Crippen LogP contribution in [0, 0.1) is 12.8 Å². The number of fused-ring (bicyclic) bond motifs is 2. The van der Waals surface area contributed by atoms with Crippen molar-refractivity contribution >= 4 is 31.9 Å². The summed E-state index contributed by atoms with van der Waals surface area (Å²) in [6, 6.07) is 5.13. The fourth-order valence-corrected chi connectivity index (χ4v) is 5.63. The molecule has 2 nitrogen and oxygen atoms in total. The van der Waals surface area contributed by atoms with Crippen molar-refractivity contribution in [1.29, 1.82) is 0 Å². The third kappa shape index (κ3) is 3.98. The molecule has 2 unspecified atom stereocenters. The van der Waals surface area contributed by atoms with Crippen LogP contribution in [0.5, 0.6) is 0 Å². The predicted octanol–water partition coefficient (Wildman–Crippen LogP) is 5.95. The van der Waals surface area contributed by atoms with Crippen LogP contribution < -0.4 is 10.6 Å². The van der Waals surface area contributed by atoms with Crippen molar-refractivity contribution in [2.75, 3.05) is 13.1 Å². The first kappa shape index (κ1) is 20.2. The molecule has 2 atom stereocenters. The van der Waals surface area contributed by atoms with Gasteiger partial charge in [0, 0.05) is 21.1 Å². The molecule has 2 aliphatic heterocycles. The molecule has 142 valence electrons. The Kier molecular flexibility index (Phi) is 7.04. The van der Waals surface area contributed by atoms with Gasteiger partial charge in [-0.1, -0.05) is 41.9 Å². The second-order valence-electron chi connectivity index (χ2n) is 7.27. The highest BCUT2D eigenvalue weighted by atomic mass is 79.9. The quantitative estimate of drug-likeness (QED) is 0.517. The standard InChI is InChI=1S/C20H24Br2N2.C2H6/c1-12-2-4-16-17(19(12)22)5-3-14-10-15(21)11-24-20(14)18(16)13-6-8-23-9-7-13;1-2/h2,4,10-11,13,18,20,23-24H,3,5-9H2,1H3;1-2H3. The van der Waals surface area contributed by atoms with Crippen LogP contribution >= 0.6 is 31.9 Å². The molecule has 4 heteroatoms. The highest BCUT2D eigenvalue weighted by molar-refractivity contribution is 9.12. The summed E-state index contributed by atoms with van der Waals surface area (Å²) < 4.78 is 2.49. The van der Waals surface area contributed by atoms with Gasteiger partial charge in [0.15, 0.2) is 0 Å². The number of nitrogens with one attached hydrogen (secondary N) is 2. The zero-order valence-electron chi connectivity index (χ0n) is 16.0. The normalized spacial score (nSPS) is 25.4. The maximum Gasteiger partial charge on any atom is 0.0543 e. The van der Waals surface area contributed by atoms with Crippen LogP contribution in [0.1, 0.15) is 55.7 Å². The van der Waals surface area contributed by atoms with Crippen LogP contribution in [0.2, 0.25) is 0 Å². The first-order valence-electron chi connectivity index (χ1n) is 9.96. The number of piperidine rings is 1. The highest BCUT2D eigenvalue weighted by Crippen LogP contribution is 2.45. The molecule has 2 N–H and O–H groups in total. The van der Waals surface area contributed by atoms with Gasteiger partial charge < -0.3 is 10.6 Å². The summed E-state index contributed by atoms with van der Waals surface area (Å²) in [7, 11) is 0. The molecule has 1 aromatic rings. The molecule has 2 heterocycles. The zero-order chi connectivity index (χ0) is 18.7. The molecular weight excluding hydrogens is 452 g/mol. The predicted molar refractivity (Wildman–Crippen MR) is 119 cm³/mol. The number of benzene rings is 1. The lowest BCUT2D eigenvalue weighted by atomic mass is 9.73. The van der Waals surface area contributed by atoms with Gasteiger partial charge in [-0.25, -0.2) is 0 Å². The summed E-state index contributed by atoms with van der Waals surface area (Å²) in [5.41, 5.74) is 6.00. The Bertz CT molecular complexity index is 702. The molecule has 0 saturated carbocycles. The van der Waals surface area contributed by atoms with E-state index >= 15 is 0 Å². The molecule has 0 radical (unpaired) electrons. The maximum atomic E-state index is 3.89. The molecule has 1 saturated heterocycles. The van der Waals surface area contributed by atoms with E-state index < -0.39 is 0 Å². The van der Waals surface area contributed by atoms with Crippen molar-refractivity contribution < 1.29 is 0 Å². The minimum absolute atomic E-state index is 0.435. The summed E-state index contributed by atoms with van der Waals surface area (Å²) in [4.78, 5) is 0. The molecule has 3 aliphatic rings. The summed E-state index contributed by atoms with van der Waals surface area (Å²) in [6.07, 6.45) is 9.29. The Balaban J connectivity index is 0.000000948. The van der Waals surface area contributed by atoms with Crippen molar-refractivity contribution in [1.82, 2.24) is 10.6 Å². The van der Waals surface area contributed by atoms with Crippen LogP contribution in [0.3, 0.4) is 0 Å². The zero-order valence-corrected chi connectivity index (χ0v) is 19.2. The summed E-state index contributed by atoms with van der Waals surface area (Å²) in [5, 5.41) is 7.25. The van der Waals surface area contributed by atoms with E-state index in [9.17, 15) is 0 Å². The maximum absolute atomic E-state index is 3.89. The number of allylic oxidation sites excluding steroid dienone is 2. The van der Waals surface area contributed by atoms with Gasteiger partial charge in [-0.2, -0.15) is 0 Å². The monoisotopic (exact) mass is 480 g/mol. The number of rotatable bonds is 1. The van der Waals surface area contributed by atoms with E-state index in [0.717, 1.165) is 31.8 Å². The molecular formula is C22H30Br2N2. The minimum Gasteiger partial charge on any atom is -0.383 e. The van der Waals surface area contributed by atoms with Gasteiger partial charge in [0.2, 0.25) is 0 Å².